The second-order valence-electron chi connectivity index (χ2n) is 7.73. The number of hydrogen-bond donors (Lipinski definition) is 1. The second-order valence-corrected chi connectivity index (χ2v) is 7.73. The summed E-state index contributed by atoms with van der Waals surface area (Å²) in [4.78, 5) is 14.8. The summed E-state index contributed by atoms with van der Waals surface area (Å²) in [7, 11) is 0. The van der Waals surface area contributed by atoms with Gasteiger partial charge in [-0.3, -0.25) is 9.69 Å². The van der Waals surface area contributed by atoms with Crippen molar-refractivity contribution in [3.63, 3.8) is 0 Å². The molecule has 1 aromatic carbocycles. The summed E-state index contributed by atoms with van der Waals surface area (Å²) in [6.07, 6.45) is 3.51. The van der Waals surface area contributed by atoms with Gasteiger partial charge in [0.15, 0.2) is 0 Å². The van der Waals surface area contributed by atoms with E-state index < -0.39 is 5.60 Å². The number of likely N-dealkylation sites (tertiary alicyclic amines) is 1. The average molecular weight is 363 g/mol. The van der Waals surface area contributed by atoms with Crippen LogP contribution in [0, 0.1) is 5.92 Å². The molecule has 2 rings (SSSR count). The lowest BCUT2D eigenvalue weighted by atomic mass is 10.0. The summed E-state index contributed by atoms with van der Waals surface area (Å²) in [6, 6.07) is 7.53. The van der Waals surface area contributed by atoms with Gasteiger partial charge in [0.1, 0.15) is 18.0 Å². The SMILES string of the molecule is CCCOC(C)(C)C(=O)Nc1ccc(OCCN2CCC[C@H](C)C2)cc1. The van der Waals surface area contributed by atoms with Crippen molar-refractivity contribution in [2.24, 2.45) is 5.92 Å². The molecule has 1 fully saturated rings. The van der Waals surface area contributed by atoms with Gasteiger partial charge < -0.3 is 14.8 Å². The summed E-state index contributed by atoms with van der Waals surface area (Å²) in [6.45, 7) is 12.5. The first-order chi connectivity index (χ1) is 12.4. The Labute approximate surface area is 158 Å². The molecule has 0 aliphatic carbocycles. The number of nitrogens with zero attached hydrogens (tertiary/aromatic N) is 1. The number of piperidine rings is 1. The van der Waals surface area contributed by atoms with Crippen LogP contribution in [-0.2, 0) is 9.53 Å². The zero-order valence-electron chi connectivity index (χ0n) is 16.7. The molecular formula is C21H34N2O3. The highest BCUT2D eigenvalue weighted by atomic mass is 16.5. The van der Waals surface area contributed by atoms with Gasteiger partial charge in [-0.25, -0.2) is 0 Å². The minimum Gasteiger partial charge on any atom is -0.492 e. The zero-order valence-corrected chi connectivity index (χ0v) is 16.7. The van der Waals surface area contributed by atoms with Gasteiger partial charge >= 0.3 is 0 Å². The molecular weight excluding hydrogens is 328 g/mol. The van der Waals surface area contributed by atoms with Gasteiger partial charge in [-0.15, -0.1) is 0 Å². The molecule has 1 atom stereocenters. The van der Waals surface area contributed by atoms with E-state index in [4.69, 9.17) is 9.47 Å². The summed E-state index contributed by atoms with van der Waals surface area (Å²) in [5, 5.41) is 2.90. The number of carbonyl (C=O) groups is 1. The Morgan fingerprint density at radius 1 is 1.27 bits per heavy atom. The molecule has 0 saturated carbocycles. The Morgan fingerprint density at radius 2 is 2.00 bits per heavy atom. The molecule has 1 aromatic rings. The molecule has 0 unspecified atom stereocenters. The molecule has 146 valence electrons. The van der Waals surface area contributed by atoms with Crippen LogP contribution in [-0.4, -0.2) is 49.3 Å². The molecule has 1 N–H and O–H groups in total. The van der Waals surface area contributed by atoms with E-state index in [9.17, 15) is 4.79 Å². The fraction of sp³-hybridized carbons (Fsp3) is 0.667. The zero-order chi connectivity index (χ0) is 19.0. The van der Waals surface area contributed by atoms with Gasteiger partial charge in [0.05, 0.1) is 0 Å². The van der Waals surface area contributed by atoms with Crippen LogP contribution in [0.2, 0.25) is 0 Å². The molecule has 1 saturated heterocycles. The van der Waals surface area contributed by atoms with Gasteiger partial charge in [-0.2, -0.15) is 0 Å². The van der Waals surface area contributed by atoms with Gasteiger partial charge in [-0.1, -0.05) is 13.8 Å². The molecule has 0 spiro atoms. The van der Waals surface area contributed by atoms with Gasteiger partial charge in [0, 0.05) is 25.4 Å². The summed E-state index contributed by atoms with van der Waals surface area (Å²) in [5.74, 6) is 1.48. The molecule has 0 radical (unpaired) electrons. The normalized spacial score (nSPS) is 18.5. The summed E-state index contributed by atoms with van der Waals surface area (Å²) in [5.41, 5.74) is -0.0862. The molecule has 1 aliphatic rings. The Balaban J connectivity index is 1.76. The number of anilines is 1. The highest BCUT2D eigenvalue weighted by molar-refractivity contribution is 5.96. The van der Waals surface area contributed by atoms with E-state index >= 15 is 0 Å². The first-order valence-electron chi connectivity index (χ1n) is 9.81. The maximum absolute atomic E-state index is 12.3. The van der Waals surface area contributed by atoms with Crippen molar-refractivity contribution in [1.29, 1.82) is 0 Å². The van der Waals surface area contributed by atoms with Gasteiger partial charge in [0.2, 0.25) is 0 Å². The Kier molecular flexibility index (Phi) is 7.91. The Hall–Kier alpha value is -1.59. The molecule has 1 aliphatic heterocycles. The predicted molar refractivity (Wildman–Crippen MR) is 106 cm³/mol. The van der Waals surface area contributed by atoms with Crippen molar-refractivity contribution >= 4 is 11.6 Å². The van der Waals surface area contributed by atoms with Gasteiger partial charge in [0.25, 0.3) is 5.91 Å². The smallest absolute Gasteiger partial charge is 0.256 e. The number of hydrogen-bond acceptors (Lipinski definition) is 4. The molecule has 1 amide bonds. The van der Waals surface area contributed by atoms with E-state index in [1.165, 1.54) is 25.9 Å². The fourth-order valence-electron chi connectivity index (χ4n) is 3.12. The van der Waals surface area contributed by atoms with Crippen LogP contribution >= 0.6 is 0 Å². The number of amides is 1. The van der Waals surface area contributed by atoms with Crippen molar-refractivity contribution in [3.8, 4) is 5.75 Å². The van der Waals surface area contributed by atoms with Crippen molar-refractivity contribution < 1.29 is 14.3 Å². The van der Waals surface area contributed by atoms with E-state index in [0.717, 1.165) is 30.3 Å². The van der Waals surface area contributed by atoms with Crippen LogP contribution in [0.1, 0.15) is 47.0 Å². The van der Waals surface area contributed by atoms with Crippen molar-refractivity contribution in [3.05, 3.63) is 24.3 Å². The number of nitrogens with one attached hydrogen (secondary N) is 1. The highest BCUT2D eigenvalue weighted by Crippen LogP contribution is 2.19. The van der Waals surface area contributed by atoms with E-state index in [-0.39, 0.29) is 5.91 Å². The highest BCUT2D eigenvalue weighted by Gasteiger charge is 2.28. The minimum atomic E-state index is -0.837. The monoisotopic (exact) mass is 362 g/mol. The van der Waals surface area contributed by atoms with Crippen LogP contribution in [0.5, 0.6) is 5.75 Å². The number of benzene rings is 1. The van der Waals surface area contributed by atoms with Crippen molar-refractivity contribution in [2.75, 3.05) is 38.2 Å². The fourth-order valence-corrected chi connectivity index (χ4v) is 3.12. The number of rotatable bonds is 9. The Bertz CT molecular complexity index is 557. The molecule has 26 heavy (non-hydrogen) atoms. The lowest BCUT2D eigenvalue weighted by Crippen LogP contribution is -2.40. The quantitative estimate of drug-likeness (QED) is 0.723. The average Bonchev–Trinajstić information content (AvgIpc) is 2.61. The van der Waals surface area contributed by atoms with Gasteiger partial charge in [-0.05, 0) is 69.8 Å². The van der Waals surface area contributed by atoms with Crippen molar-refractivity contribution in [1.82, 2.24) is 4.90 Å². The molecule has 5 heteroatoms. The van der Waals surface area contributed by atoms with E-state index in [1.807, 2.05) is 31.2 Å². The largest absolute Gasteiger partial charge is 0.492 e. The number of carbonyl (C=O) groups excluding carboxylic acids is 1. The van der Waals surface area contributed by atoms with Crippen LogP contribution in [0.3, 0.4) is 0 Å². The predicted octanol–water partition coefficient (Wildman–Crippen LogP) is 3.94. The molecule has 0 bridgehead atoms. The van der Waals surface area contributed by atoms with Crippen LogP contribution in [0.4, 0.5) is 5.69 Å². The second kappa shape index (κ2) is 9.93. The lowest BCUT2D eigenvalue weighted by Gasteiger charge is -2.30. The minimum absolute atomic E-state index is 0.140. The van der Waals surface area contributed by atoms with Crippen LogP contribution in [0.25, 0.3) is 0 Å². The Morgan fingerprint density at radius 3 is 2.65 bits per heavy atom. The number of ether oxygens (including phenoxy) is 2. The van der Waals surface area contributed by atoms with Crippen LogP contribution in [0.15, 0.2) is 24.3 Å². The first-order valence-corrected chi connectivity index (χ1v) is 9.81. The van der Waals surface area contributed by atoms with Crippen molar-refractivity contribution in [2.45, 2.75) is 52.6 Å². The summed E-state index contributed by atoms with van der Waals surface area (Å²) < 4.78 is 11.5. The maximum atomic E-state index is 12.3. The van der Waals surface area contributed by atoms with E-state index in [1.54, 1.807) is 13.8 Å². The standard InChI is InChI=1S/C21H34N2O3/c1-5-14-26-21(3,4)20(24)22-18-8-10-19(11-9-18)25-15-13-23-12-6-7-17(2)16-23/h8-11,17H,5-7,12-16H2,1-4H3,(H,22,24)/t17-/m0/s1. The topological polar surface area (TPSA) is 50.8 Å². The molecule has 5 nitrogen and oxygen atoms in total. The lowest BCUT2D eigenvalue weighted by molar-refractivity contribution is -0.137. The van der Waals surface area contributed by atoms with E-state index in [0.29, 0.717) is 13.2 Å². The van der Waals surface area contributed by atoms with E-state index in [2.05, 4.69) is 17.1 Å². The first kappa shape index (κ1) is 20.7. The third kappa shape index (κ3) is 6.61. The third-order valence-corrected chi connectivity index (χ3v) is 4.74. The van der Waals surface area contributed by atoms with Crippen LogP contribution < -0.4 is 10.1 Å². The maximum Gasteiger partial charge on any atom is 0.256 e. The summed E-state index contributed by atoms with van der Waals surface area (Å²) >= 11 is 0. The molecule has 1 heterocycles. The molecule has 0 aromatic heterocycles. The third-order valence-electron chi connectivity index (χ3n) is 4.74.